The predicted molar refractivity (Wildman–Crippen MR) is 133 cm³/mol. The van der Waals surface area contributed by atoms with Gasteiger partial charge in [-0.1, -0.05) is 41.9 Å². The number of ketones is 1. The van der Waals surface area contributed by atoms with Crippen molar-refractivity contribution < 1.29 is 4.79 Å². The van der Waals surface area contributed by atoms with Crippen LogP contribution in [0.3, 0.4) is 0 Å². The molecule has 0 saturated carbocycles. The van der Waals surface area contributed by atoms with Gasteiger partial charge in [0.25, 0.3) is 0 Å². The molecule has 2 aromatic carbocycles. The molecule has 2 aliphatic rings. The summed E-state index contributed by atoms with van der Waals surface area (Å²) < 4.78 is 0. The topological polar surface area (TPSA) is 45.6 Å². The summed E-state index contributed by atoms with van der Waals surface area (Å²) in [6, 6.07) is 18.2. The molecule has 2 aliphatic heterocycles. The maximum Gasteiger partial charge on any atom is 0.163 e. The molecule has 0 N–H and O–H groups in total. The first kappa shape index (κ1) is 22.0. The van der Waals surface area contributed by atoms with Crippen molar-refractivity contribution in [2.75, 3.05) is 13.1 Å². The van der Waals surface area contributed by atoms with E-state index < -0.39 is 0 Å². The summed E-state index contributed by atoms with van der Waals surface area (Å²) in [5, 5.41) is 0.815. The minimum absolute atomic E-state index is 0.222. The molecule has 4 nitrogen and oxygen atoms in total. The summed E-state index contributed by atoms with van der Waals surface area (Å²) in [5.41, 5.74) is 7.20. The second-order valence-corrected chi connectivity index (χ2v) is 9.59. The molecule has 0 unspecified atom stereocenters. The fourth-order valence-corrected chi connectivity index (χ4v) is 5.20. The standard InChI is InChI=1S/C28H28ClN3O/c1-19-13-22(10-11-30-19)28-25-15-21(8-9-23(25)16-31-28)27(33)14-20-5-4-12-32(17-20)18-24-6-2-3-7-26(24)29/h2-3,6-11,13,15,20H,4-5,12,14,16-18H2,1H3/t20-/m0/s1. The normalized spacial score (nSPS) is 18.1. The van der Waals surface area contributed by atoms with Crippen LogP contribution in [0.4, 0.5) is 0 Å². The third-order valence-corrected chi connectivity index (χ3v) is 7.06. The number of benzene rings is 2. The van der Waals surface area contributed by atoms with Crippen LogP contribution in [0.2, 0.25) is 5.02 Å². The number of Topliss-reactive ketones (excluding diaryl/α,β-unsaturated/α-hetero) is 1. The van der Waals surface area contributed by atoms with Gasteiger partial charge in [0, 0.05) is 53.1 Å². The number of fused-ring (bicyclic) bond motifs is 1. The number of carbonyl (C=O) groups excluding carboxylic acids is 1. The first-order chi connectivity index (χ1) is 16.1. The fourth-order valence-electron chi connectivity index (χ4n) is 5.01. The van der Waals surface area contributed by atoms with Gasteiger partial charge in [0.15, 0.2) is 5.78 Å². The monoisotopic (exact) mass is 457 g/mol. The third-order valence-electron chi connectivity index (χ3n) is 6.69. The molecule has 1 aromatic heterocycles. The number of aliphatic imine (C=N–C) groups is 1. The highest BCUT2D eigenvalue weighted by molar-refractivity contribution is 6.31. The number of rotatable bonds is 6. The van der Waals surface area contributed by atoms with E-state index >= 15 is 0 Å². The average Bonchev–Trinajstić information content (AvgIpc) is 3.24. The van der Waals surface area contributed by atoms with Crippen molar-refractivity contribution in [3.63, 3.8) is 0 Å². The number of aryl methyl sites for hydroxylation is 1. The zero-order chi connectivity index (χ0) is 22.8. The number of likely N-dealkylation sites (tertiary alicyclic amines) is 1. The lowest BCUT2D eigenvalue weighted by Crippen LogP contribution is -2.35. The van der Waals surface area contributed by atoms with Gasteiger partial charge in [-0.05, 0) is 67.6 Å². The molecule has 33 heavy (non-hydrogen) atoms. The Kier molecular flexibility index (Phi) is 6.39. The van der Waals surface area contributed by atoms with Crippen molar-refractivity contribution >= 4 is 23.1 Å². The first-order valence-corrected chi connectivity index (χ1v) is 12.0. The van der Waals surface area contributed by atoms with Crippen molar-refractivity contribution in [2.45, 2.75) is 39.3 Å². The van der Waals surface area contributed by atoms with Gasteiger partial charge in [0.05, 0.1) is 12.3 Å². The zero-order valence-corrected chi connectivity index (χ0v) is 19.7. The van der Waals surface area contributed by atoms with Crippen molar-refractivity contribution in [3.8, 4) is 0 Å². The molecule has 1 atom stereocenters. The highest BCUT2D eigenvalue weighted by atomic mass is 35.5. The Balaban J connectivity index is 1.27. The molecule has 3 aromatic rings. The Morgan fingerprint density at radius 3 is 2.88 bits per heavy atom. The number of carbonyl (C=O) groups is 1. The Hall–Kier alpha value is -2.82. The highest BCUT2D eigenvalue weighted by Crippen LogP contribution is 2.28. The van der Waals surface area contributed by atoms with Gasteiger partial charge in [-0.2, -0.15) is 0 Å². The van der Waals surface area contributed by atoms with E-state index in [4.69, 9.17) is 16.6 Å². The van der Waals surface area contributed by atoms with Gasteiger partial charge in [-0.3, -0.25) is 19.7 Å². The molecule has 5 rings (SSSR count). The smallest absolute Gasteiger partial charge is 0.163 e. The van der Waals surface area contributed by atoms with Gasteiger partial charge >= 0.3 is 0 Å². The Labute approximate surface area is 200 Å². The molecular weight excluding hydrogens is 430 g/mol. The lowest BCUT2D eigenvalue weighted by atomic mass is 9.89. The first-order valence-electron chi connectivity index (χ1n) is 11.7. The van der Waals surface area contributed by atoms with Crippen LogP contribution in [0, 0.1) is 12.8 Å². The molecule has 0 radical (unpaired) electrons. The number of nitrogens with zero attached hydrogens (tertiary/aromatic N) is 3. The number of pyridine rings is 1. The molecule has 1 saturated heterocycles. The summed E-state index contributed by atoms with van der Waals surface area (Å²) in [5.74, 6) is 0.595. The molecule has 0 amide bonds. The van der Waals surface area contributed by atoms with Crippen LogP contribution in [0.1, 0.15) is 57.6 Å². The minimum Gasteiger partial charge on any atom is -0.299 e. The molecule has 0 aliphatic carbocycles. The Morgan fingerprint density at radius 1 is 1.15 bits per heavy atom. The lowest BCUT2D eigenvalue weighted by molar-refractivity contribution is 0.0912. The maximum absolute atomic E-state index is 13.2. The zero-order valence-electron chi connectivity index (χ0n) is 18.9. The van der Waals surface area contributed by atoms with Crippen LogP contribution in [0.15, 0.2) is 65.8 Å². The highest BCUT2D eigenvalue weighted by Gasteiger charge is 2.25. The fraction of sp³-hybridized carbons (Fsp3) is 0.321. The Bertz CT molecular complexity index is 1220. The second-order valence-electron chi connectivity index (χ2n) is 9.18. The van der Waals surface area contributed by atoms with E-state index in [1.807, 2.05) is 49.5 Å². The van der Waals surface area contributed by atoms with Crippen LogP contribution in [-0.4, -0.2) is 34.5 Å². The maximum atomic E-state index is 13.2. The molecule has 0 spiro atoms. The molecule has 1 fully saturated rings. The van der Waals surface area contributed by atoms with E-state index in [0.717, 1.165) is 71.2 Å². The van der Waals surface area contributed by atoms with E-state index in [-0.39, 0.29) is 5.78 Å². The van der Waals surface area contributed by atoms with Crippen LogP contribution in [0.5, 0.6) is 0 Å². The third kappa shape index (κ3) is 4.92. The lowest BCUT2D eigenvalue weighted by Gasteiger charge is -2.32. The molecule has 168 valence electrons. The summed E-state index contributed by atoms with van der Waals surface area (Å²) in [6.07, 6.45) is 4.61. The van der Waals surface area contributed by atoms with Crippen LogP contribution in [-0.2, 0) is 13.1 Å². The number of hydrogen-bond donors (Lipinski definition) is 0. The van der Waals surface area contributed by atoms with Crippen molar-refractivity contribution in [2.24, 2.45) is 10.9 Å². The largest absolute Gasteiger partial charge is 0.299 e. The van der Waals surface area contributed by atoms with Gasteiger partial charge in [-0.15, -0.1) is 0 Å². The number of aromatic nitrogens is 1. The Morgan fingerprint density at radius 2 is 2.03 bits per heavy atom. The van der Waals surface area contributed by atoms with Gasteiger partial charge < -0.3 is 0 Å². The summed E-state index contributed by atoms with van der Waals surface area (Å²) in [7, 11) is 0. The second kappa shape index (κ2) is 9.58. The van der Waals surface area contributed by atoms with E-state index in [1.165, 1.54) is 5.56 Å². The molecule has 5 heteroatoms. The molecule has 0 bridgehead atoms. The number of hydrogen-bond acceptors (Lipinski definition) is 4. The van der Waals surface area contributed by atoms with Crippen LogP contribution >= 0.6 is 11.6 Å². The summed E-state index contributed by atoms with van der Waals surface area (Å²) in [4.78, 5) is 24.7. The van der Waals surface area contributed by atoms with Gasteiger partial charge in [0.1, 0.15) is 0 Å². The molecular formula is C28H28ClN3O. The minimum atomic E-state index is 0.222. The number of halogens is 1. The number of piperidine rings is 1. The van der Waals surface area contributed by atoms with Crippen molar-refractivity contribution in [3.05, 3.63) is 99.3 Å². The SMILES string of the molecule is Cc1cc(C2=NCc3ccc(C(=O)C[C@@H]4CCCN(Cc5ccccc5Cl)C4)cc32)ccn1. The van der Waals surface area contributed by atoms with E-state index in [9.17, 15) is 4.79 Å². The summed E-state index contributed by atoms with van der Waals surface area (Å²) in [6.45, 7) is 5.48. The van der Waals surface area contributed by atoms with E-state index in [2.05, 4.69) is 28.1 Å². The van der Waals surface area contributed by atoms with E-state index in [0.29, 0.717) is 18.9 Å². The van der Waals surface area contributed by atoms with Gasteiger partial charge in [0.2, 0.25) is 0 Å². The average molecular weight is 458 g/mol. The quantitative estimate of drug-likeness (QED) is 0.434. The van der Waals surface area contributed by atoms with Crippen molar-refractivity contribution in [1.29, 1.82) is 0 Å². The predicted octanol–water partition coefficient (Wildman–Crippen LogP) is 5.88. The van der Waals surface area contributed by atoms with Crippen molar-refractivity contribution in [1.82, 2.24) is 9.88 Å². The summed E-state index contributed by atoms with van der Waals surface area (Å²) >= 11 is 6.36. The van der Waals surface area contributed by atoms with Gasteiger partial charge in [-0.25, -0.2) is 0 Å². The van der Waals surface area contributed by atoms with Crippen LogP contribution in [0.25, 0.3) is 0 Å². The molecule has 3 heterocycles. The van der Waals surface area contributed by atoms with Crippen LogP contribution < -0.4 is 0 Å². The van der Waals surface area contributed by atoms with E-state index in [1.54, 1.807) is 0 Å².